The zero-order chi connectivity index (χ0) is 13.9. The van der Waals surface area contributed by atoms with Gasteiger partial charge in [0.15, 0.2) is 0 Å². The summed E-state index contributed by atoms with van der Waals surface area (Å²) in [5.41, 5.74) is 3.86. The van der Waals surface area contributed by atoms with Crippen molar-refractivity contribution < 1.29 is 0 Å². The van der Waals surface area contributed by atoms with Gasteiger partial charge in [-0.15, -0.1) is 6.58 Å². The van der Waals surface area contributed by atoms with Gasteiger partial charge in [-0.25, -0.2) is 0 Å². The molecule has 0 aliphatic heterocycles. The van der Waals surface area contributed by atoms with E-state index in [4.69, 9.17) is 0 Å². The molecule has 0 atom stereocenters. The van der Waals surface area contributed by atoms with Crippen LogP contribution in [-0.2, 0) is 0 Å². The summed E-state index contributed by atoms with van der Waals surface area (Å²) in [5.74, 6) is 6.67. The molecule has 0 fully saturated rings. The smallest absolute Gasteiger partial charge is 0.0248 e. The van der Waals surface area contributed by atoms with Crippen LogP contribution in [-0.4, -0.2) is 0 Å². The lowest BCUT2D eigenvalue weighted by atomic mass is 9.97. The lowest BCUT2D eigenvalue weighted by Gasteiger charge is -2.08. The molecule has 1 rings (SSSR count). The van der Waals surface area contributed by atoms with Gasteiger partial charge in [0.25, 0.3) is 0 Å². The summed E-state index contributed by atoms with van der Waals surface area (Å²) in [6.45, 7) is 8.29. The Labute approximate surface area is 118 Å². The fourth-order valence-electron chi connectivity index (χ4n) is 2.10. The summed E-state index contributed by atoms with van der Waals surface area (Å²) in [5, 5.41) is 0. The molecular formula is C19H24. The van der Waals surface area contributed by atoms with Crippen molar-refractivity contribution in [1.29, 1.82) is 0 Å². The molecule has 0 radical (unpaired) electrons. The SMILES string of the molecule is C=CC/C(CCC)=C(\C#Cc1ccccc1)CCC. The lowest BCUT2D eigenvalue weighted by molar-refractivity contribution is 0.837. The van der Waals surface area contributed by atoms with E-state index < -0.39 is 0 Å². The van der Waals surface area contributed by atoms with Gasteiger partial charge in [0.2, 0.25) is 0 Å². The van der Waals surface area contributed by atoms with E-state index >= 15 is 0 Å². The van der Waals surface area contributed by atoms with Gasteiger partial charge >= 0.3 is 0 Å². The molecule has 19 heavy (non-hydrogen) atoms. The Morgan fingerprint density at radius 3 is 2.37 bits per heavy atom. The van der Waals surface area contributed by atoms with Crippen LogP contribution in [0.15, 0.2) is 54.1 Å². The van der Waals surface area contributed by atoms with Gasteiger partial charge in [-0.05, 0) is 31.4 Å². The molecule has 0 unspecified atom stereocenters. The van der Waals surface area contributed by atoms with Gasteiger partial charge in [-0.1, -0.05) is 68.4 Å². The summed E-state index contributed by atoms with van der Waals surface area (Å²) in [6, 6.07) is 10.2. The Bertz CT molecular complexity index is 466. The largest absolute Gasteiger partial charge is 0.103 e. The lowest BCUT2D eigenvalue weighted by Crippen LogP contribution is -1.91. The van der Waals surface area contributed by atoms with Crippen LogP contribution < -0.4 is 0 Å². The summed E-state index contributed by atoms with van der Waals surface area (Å²) in [6.07, 6.45) is 7.47. The third kappa shape index (κ3) is 5.62. The van der Waals surface area contributed by atoms with Crippen LogP contribution in [0.1, 0.15) is 51.5 Å². The van der Waals surface area contributed by atoms with E-state index in [1.54, 1.807) is 0 Å². The van der Waals surface area contributed by atoms with Gasteiger partial charge in [0, 0.05) is 11.1 Å². The minimum Gasteiger partial charge on any atom is -0.103 e. The molecule has 0 saturated carbocycles. The average molecular weight is 252 g/mol. The summed E-state index contributed by atoms with van der Waals surface area (Å²) < 4.78 is 0. The molecule has 0 spiro atoms. The second kappa shape index (κ2) is 9.22. The molecule has 0 aliphatic rings. The average Bonchev–Trinajstić information content (AvgIpc) is 2.44. The number of benzene rings is 1. The first-order valence-corrected chi connectivity index (χ1v) is 7.20. The Kier molecular flexibility index (Phi) is 7.44. The topological polar surface area (TPSA) is 0 Å². The molecule has 0 aliphatic carbocycles. The maximum absolute atomic E-state index is 3.86. The van der Waals surface area contributed by atoms with E-state index in [9.17, 15) is 0 Å². The van der Waals surface area contributed by atoms with Crippen molar-refractivity contribution in [2.24, 2.45) is 0 Å². The van der Waals surface area contributed by atoms with Crippen molar-refractivity contribution >= 4 is 0 Å². The zero-order valence-corrected chi connectivity index (χ0v) is 12.2. The highest BCUT2D eigenvalue weighted by atomic mass is 14.1. The van der Waals surface area contributed by atoms with Crippen molar-refractivity contribution in [1.82, 2.24) is 0 Å². The van der Waals surface area contributed by atoms with Crippen LogP contribution in [0.25, 0.3) is 0 Å². The molecular weight excluding hydrogens is 228 g/mol. The summed E-state index contributed by atoms with van der Waals surface area (Å²) in [7, 11) is 0. The number of hydrogen-bond donors (Lipinski definition) is 0. The number of hydrogen-bond acceptors (Lipinski definition) is 0. The molecule has 0 nitrogen and oxygen atoms in total. The standard InChI is InChI=1S/C19H24/c1-4-10-18(11-5-2)19(12-6-3)16-15-17-13-8-7-9-14-17/h4,7-9,13-14H,1,5-6,10-12H2,2-3H3/b19-18+. The molecule has 1 aromatic carbocycles. The summed E-state index contributed by atoms with van der Waals surface area (Å²) in [4.78, 5) is 0. The fourth-order valence-corrected chi connectivity index (χ4v) is 2.10. The van der Waals surface area contributed by atoms with Crippen LogP contribution in [0.2, 0.25) is 0 Å². The van der Waals surface area contributed by atoms with E-state index in [0.717, 1.165) is 31.2 Å². The third-order valence-electron chi connectivity index (χ3n) is 3.00. The van der Waals surface area contributed by atoms with Crippen LogP contribution >= 0.6 is 0 Å². The second-order valence-corrected chi connectivity index (χ2v) is 4.69. The van der Waals surface area contributed by atoms with E-state index in [1.165, 1.54) is 17.6 Å². The second-order valence-electron chi connectivity index (χ2n) is 4.69. The molecule has 100 valence electrons. The van der Waals surface area contributed by atoms with E-state index in [2.05, 4.69) is 44.4 Å². The highest BCUT2D eigenvalue weighted by Crippen LogP contribution is 2.19. The molecule has 0 heterocycles. The number of allylic oxidation sites excluding steroid dienone is 3. The van der Waals surface area contributed by atoms with Crippen molar-refractivity contribution in [3.05, 3.63) is 59.7 Å². The van der Waals surface area contributed by atoms with Gasteiger partial charge in [-0.3, -0.25) is 0 Å². The van der Waals surface area contributed by atoms with Crippen LogP contribution in [0.3, 0.4) is 0 Å². The van der Waals surface area contributed by atoms with Crippen molar-refractivity contribution in [2.45, 2.75) is 46.0 Å². The van der Waals surface area contributed by atoms with Crippen molar-refractivity contribution in [2.75, 3.05) is 0 Å². The normalized spacial score (nSPS) is 11.3. The van der Waals surface area contributed by atoms with E-state index in [1.807, 2.05) is 24.3 Å². The van der Waals surface area contributed by atoms with E-state index in [0.29, 0.717) is 0 Å². The molecule has 0 amide bonds. The highest BCUT2D eigenvalue weighted by Gasteiger charge is 2.02. The number of rotatable bonds is 6. The predicted molar refractivity (Wildman–Crippen MR) is 85.0 cm³/mol. The van der Waals surface area contributed by atoms with Crippen LogP contribution in [0, 0.1) is 11.8 Å². The Morgan fingerprint density at radius 1 is 1.11 bits per heavy atom. The molecule has 0 aromatic heterocycles. The fraction of sp³-hybridized carbons (Fsp3) is 0.368. The highest BCUT2D eigenvalue weighted by molar-refractivity contribution is 5.42. The molecule has 0 saturated heterocycles. The molecule has 0 heteroatoms. The van der Waals surface area contributed by atoms with Gasteiger partial charge in [0.1, 0.15) is 0 Å². The van der Waals surface area contributed by atoms with Gasteiger partial charge < -0.3 is 0 Å². The zero-order valence-electron chi connectivity index (χ0n) is 12.2. The third-order valence-corrected chi connectivity index (χ3v) is 3.00. The minimum absolute atomic E-state index is 0.965. The Morgan fingerprint density at radius 2 is 1.79 bits per heavy atom. The Hall–Kier alpha value is -1.74. The first-order valence-electron chi connectivity index (χ1n) is 7.20. The predicted octanol–water partition coefficient (Wildman–Crippen LogP) is 5.51. The van der Waals surface area contributed by atoms with Gasteiger partial charge in [-0.2, -0.15) is 0 Å². The first kappa shape index (κ1) is 15.3. The maximum atomic E-state index is 3.86. The first-order chi connectivity index (χ1) is 9.31. The van der Waals surface area contributed by atoms with Crippen molar-refractivity contribution in [3.8, 4) is 11.8 Å². The summed E-state index contributed by atoms with van der Waals surface area (Å²) >= 11 is 0. The molecule has 1 aromatic rings. The van der Waals surface area contributed by atoms with Gasteiger partial charge in [0.05, 0.1) is 0 Å². The monoisotopic (exact) mass is 252 g/mol. The molecule has 0 bridgehead atoms. The minimum atomic E-state index is 0.965. The van der Waals surface area contributed by atoms with E-state index in [-0.39, 0.29) is 0 Å². The maximum Gasteiger partial charge on any atom is 0.0248 e. The van der Waals surface area contributed by atoms with Crippen LogP contribution in [0.4, 0.5) is 0 Å². The van der Waals surface area contributed by atoms with Crippen molar-refractivity contribution in [3.63, 3.8) is 0 Å². The van der Waals surface area contributed by atoms with Crippen LogP contribution in [0.5, 0.6) is 0 Å². The Balaban J connectivity index is 3.01. The molecule has 0 N–H and O–H groups in total. The quantitative estimate of drug-likeness (QED) is 0.462.